The van der Waals surface area contributed by atoms with Gasteiger partial charge in [-0.15, -0.1) is 0 Å². The molecule has 0 bridgehead atoms. The summed E-state index contributed by atoms with van der Waals surface area (Å²) >= 11 is 0. The fourth-order valence-corrected chi connectivity index (χ4v) is 3.73. The SMILES string of the molecule is CC1(C)CC(C)(C)c2cc(C#Cc3ccccc3)ccc21. The Balaban J connectivity index is 2.00. The zero-order valence-electron chi connectivity index (χ0n) is 13.3. The summed E-state index contributed by atoms with van der Waals surface area (Å²) in [6, 6.07) is 16.9. The molecule has 21 heavy (non-hydrogen) atoms. The second-order valence-corrected chi connectivity index (χ2v) is 7.32. The van der Waals surface area contributed by atoms with Crippen LogP contribution in [0.15, 0.2) is 48.5 Å². The molecule has 0 nitrogen and oxygen atoms in total. The molecule has 0 atom stereocenters. The van der Waals surface area contributed by atoms with Gasteiger partial charge < -0.3 is 0 Å². The maximum absolute atomic E-state index is 3.31. The lowest BCUT2D eigenvalue weighted by molar-refractivity contribution is 0.403. The predicted octanol–water partition coefficient (Wildman–Crippen LogP) is 5.05. The lowest BCUT2D eigenvalue weighted by atomic mass is 9.82. The smallest absolute Gasteiger partial charge is 0.0252 e. The Morgan fingerprint density at radius 3 is 2.05 bits per heavy atom. The van der Waals surface area contributed by atoms with Crippen molar-refractivity contribution in [1.29, 1.82) is 0 Å². The van der Waals surface area contributed by atoms with Gasteiger partial charge >= 0.3 is 0 Å². The predicted molar refractivity (Wildman–Crippen MR) is 89.5 cm³/mol. The highest BCUT2D eigenvalue weighted by Gasteiger charge is 2.41. The first-order valence-corrected chi connectivity index (χ1v) is 7.61. The van der Waals surface area contributed by atoms with E-state index in [1.54, 1.807) is 0 Å². The van der Waals surface area contributed by atoms with Gasteiger partial charge in [0, 0.05) is 11.1 Å². The third-order valence-electron chi connectivity index (χ3n) is 4.49. The van der Waals surface area contributed by atoms with Crippen molar-refractivity contribution < 1.29 is 0 Å². The van der Waals surface area contributed by atoms with Gasteiger partial charge in [0.2, 0.25) is 0 Å². The number of benzene rings is 2. The van der Waals surface area contributed by atoms with Crippen molar-refractivity contribution in [2.45, 2.75) is 44.9 Å². The molecule has 2 aromatic rings. The zero-order valence-corrected chi connectivity index (χ0v) is 13.3. The van der Waals surface area contributed by atoms with Crippen molar-refractivity contribution >= 4 is 0 Å². The van der Waals surface area contributed by atoms with E-state index in [1.165, 1.54) is 17.5 Å². The Bertz CT molecular complexity index is 722. The Hall–Kier alpha value is -2.00. The fourth-order valence-electron chi connectivity index (χ4n) is 3.73. The Labute approximate surface area is 128 Å². The van der Waals surface area contributed by atoms with E-state index in [4.69, 9.17) is 0 Å². The molecule has 0 aromatic heterocycles. The fraction of sp³-hybridized carbons (Fsp3) is 0.333. The van der Waals surface area contributed by atoms with E-state index >= 15 is 0 Å². The summed E-state index contributed by atoms with van der Waals surface area (Å²) in [6.07, 6.45) is 1.20. The highest BCUT2D eigenvalue weighted by Crippen LogP contribution is 2.49. The van der Waals surface area contributed by atoms with Crippen LogP contribution in [0, 0.1) is 11.8 Å². The van der Waals surface area contributed by atoms with Gasteiger partial charge in [0.1, 0.15) is 0 Å². The molecule has 0 aliphatic heterocycles. The number of hydrogen-bond donors (Lipinski definition) is 0. The molecule has 3 rings (SSSR count). The van der Waals surface area contributed by atoms with E-state index < -0.39 is 0 Å². The standard InChI is InChI=1S/C21H22/c1-20(2)15-21(3,4)19-14-17(12-13-18(19)20)11-10-16-8-6-5-7-9-16/h5-9,12-14H,15H2,1-4H3. The molecule has 1 aliphatic rings. The van der Waals surface area contributed by atoms with Crippen molar-refractivity contribution in [2.75, 3.05) is 0 Å². The Kier molecular flexibility index (Phi) is 3.18. The largest absolute Gasteiger partial charge is 0.0622 e. The molecule has 0 radical (unpaired) electrons. The lowest BCUT2D eigenvalue weighted by Gasteiger charge is -2.22. The van der Waals surface area contributed by atoms with E-state index in [-0.39, 0.29) is 10.8 Å². The van der Waals surface area contributed by atoms with E-state index in [1.807, 2.05) is 30.3 Å². The van der Waals surface area contributed by atoms with Gasteiger partial charge in [-0.2, -0.15) is 0 Å². The first kappa shape index (κ1) is 14.0. The van der Waals surface area contributed by atoms with Crippen LogP contribution in [0.3, 0.4) is 0 Å². The van der Waals surface area contributed by atoms with Crippen LogP contribution in [-0.4, -0.2) is 0 Å². The van der Waals surface area contributed by atoms with Crippen molar-refractivity contribution in [3.8, 4) is 11.8 Å². The summed E-state index contributed by atoms with van der Waals surface area (Å²) in [7, 11) is 0. The van der Waals surface area contributed by atoms with Gasteiger partial charge in [0.05, 0.1) is 0 Å². The second kappa shape index (κ2) is 4.78. The highest BCUT2D eigenvalue weighted by atomic mass is 14.4. The van der Waals surface area contributed by atoms with Gasteiger partial charge in [-0.25, -0.2) is 0 Å². The zero-order chi connectivity index (χ0) is 15.1. The molecule has 0 heterocycles. The van der Waals surface area contributed by atoms with Crippen LogP contribution >= 0.6 is 0 Å². The summed E-state index contributed by atoms with van der Waals surface area (Å²) in [5.74, 6) is 6.56. The third-order valence-corrected chi connectivity index (χ3v) is 4.49. The number of rotatable bonds is 0. The second-order valence-electron chi connectivity index (χ2n) is 7.32. The molecule has 0 N–H and O–H groups in total. The van der Waals surface area contributed by atoms with Crippen LogP contribution in [-0.2, 0) is 10.8 Å². The molecule has 0 saturated heterocycles. The quantitative estimate of drug-likeness (QED) is 0.590. The van der Waals surface area contributed by atoms with Crippen LogP contribution < -0.4 is 0 Å². The number of fused-ring (bicyclic) bond motifs is 1. The summed E-state index contributed by atoms with van der Waals surface area (Å²) in [4.78, 5) is 0. The number of hydrogen-bond acceptors (Lipinski definition) is 0. The minimum absolute atomic E-state index is 0.239. The molecule has 0 heteroatoms. The van der Waals surface area contributed by atoms with Crippen molar-refractivity contribution in [1.82, 2.24) is 0 Å². The first-order chi connectivity index (χ1) is 9.88. The molecule has 0 saturated carbocycles. The normalized spacial score (nSPS) is 17.7. The summed E-state index contributed by atoms with van der Waals surface area (Å²) < 4.78 is 0. The lowest BCUT2D eigenvalue weighted by Crippen LogP contribution is -2.17. The molecule has 0 spiro atoms. The van der Waals surface area contributed by atoms with Crippen molar-refractivity contribution in [3.05, 3.63) is 70.8 Å². The average molecular weight is 274 g/mol. The van der Waals surface area contributed by atoms with Gasteiger partial charge in [0.25, 0.3) is 0 Å². The maximum Gasteiger partial charge on any atom is 0.0252 e. The van der Waals surface area contributed by atoms with E-state index in [2.05, 4.69) is 57.7 Å². The average Bonchev–Trinajstić information content (AvgIpc) is 2.63. The molecule has 1 aliphatic carbocycles. The maximum atomic E-state index is 3.31. The van der Waals surface area contributed by atoms with Crippen LogP contribution in [0.5, 0.6) is 0 Å². The van der Waals surface area contributed by atoms with Gasteiger partial charge in [-0.3, -0.25) is 0 Å². The molecule has 106 valence electrons. The molecule has 0 unspecified atom stereocenters. The van der Waals surface area contributed by atoms with E-state index in [0.29, 0.717) is 0 Å². The molecule has 2 aromatic carbocycles. The Morgan fingerprint density at radius 1 is 0.714 bits per heavy atom. The molecular weight excluding hydrogens is 252 g/mol. The summed E-state index contributed by atoms with van der Waals surface area (Å²) in [5, 5.41) is 0. The molecular formula is C21H22. The summed E-state index contributed by atoms with van der Waals surface area (Å²) in [6.45, 7) is 9.37. The van der Waals surface area contributed by atoms with Crippen LogP contribution in [0.25, 0.3) is 0 Å². The van der Waals surface area contributed by atoms with Crippen molar-refractivity contribution in [2.24, 2.45) is 0 Å². The van der Waals surface area contributed by atoms with Gasteiger partial charge in [-0.05, 0) is 52.6 Å². The minimum atomic E-state index is 0.239. The Morgan fingerprint density at radius 2 is 1.33 bits per heavy atom. The third kappa shape index (κ3) is 2.61. The molecule has 0 amide bonds. The van der Waals surface area contributed by atoms with Gasteiger partial charge in [0.15, 0.2) is 0 Å². The molecule has 0 fully saturated rings. The van der Waals surface area contributed by atoms with E-state index in [0.717, 1.165) is 11.1 Å². The summed E-state index contributed by atoms with van der Waals surface area (Å²) in [5.41, 5.74) is 5.64. The van der Waals surface area contributed by atoms with Gasteiger partial charge in [-0.1, -0.05) is 63.8 Å². The monoisotopic (exact) mass is 274 g/mol. The van der Waals surface area contributed by atoms with E-state index in [9.17, 15) is 0 Å². The highest BCUT2D eigenvalue weighted by molar-refractivity contribution is 5.51. The first-order valence-electron chi connectivity index (χ1n) is 7.61. The van der Waals surface area contributed by atoms with Crippen LogP contribution in [0.2, 0.25) is 0 Å². The van der Waals surface area contributed by atoms with Crippen LogP contribution in [0.1, 0.15) is 56.4 Å². The van der Waals surface area contributed by atoms with Crippen molar-refractivity contribution in [3.63, 3.8) is 0 Å². The minimum Gasteiger partial charge on any atom is -0.0622 e. The van der Waals surface area contributed by atoms with Crippen LogP contribution in [0.4, 0.5) is 0 Å². The topological polar surface area (TPSA) is 0 Å².